The predicted octanol–water partition coefficient (Wildman–Crippen LogP) is 4.94. The van der Waals surface area contributed by atoms with E-state index in [-0.39, 0.29) is 5.63 Å². The molecular weight excluding hydrogens is 300 g/mol. The van der Waals surface area contributed by atoms with E-state index in [1.54, 1.807) is 12.1 Å². The Labute approximate surface area is 141 Å². The van der Waals surface area contributed by atoms with Gasteiger partial charge in [0.15, 0.2) is 0 Å². The summed E-state index contributed by atoms with van der Waals surface area (Å²) in [5.74, 6) is 0.709. The molecule has 0 atom stereocenters. The van der Waals surface area contributed by atoms with Crippen LogP contribution in [-0.4, -0.2) is 0 Å². The van der Waals surface area contributed by atoms with Gasteiger partial charge in [-0.15, -0.1) is 0 Å². The van der Waals surface area contributed by atoms with Crippen molar-refractivity contribution < 1.29 is 9.15 Å². The van der Waals surface area contributed by atoms with Crippen molar-refractivity contribution in [3.05, 3.63) is 75.1 Å². The number of aryl methyl sites for hydroxylation is 3. The summed E-state index contributed by atoms with van der Waals surface area (Å²) in [4.78, 5) is 11.7. The third-order valence-corrected chi connectivity index (χ3v) is 4.22. The summed E-state index contributed by atoms with van der Waals surface area (Å²) in [6.45, 7) is 6.75. The lowest BCUT2D eigenvalue weighted by Crippen LogP contribution is -2.02. The van der Waals surface area contributed by atoms with Crippen molar-refractivity contribution >= 4 is 11.0 Å². The number of rotatable bonds is 5. The van der Waals surface area contributed by atoms with E-state index in [4.69, 9.17) is 9.15 Å². The van der Waals surface area contributed by atoms with E-state index in [2.05, 4.69) is 39.0 Å². The summed E-state index contributed by atoms with van der Waals surface area (Å²) in [5.41, 5.74) is 4.90. The average molecular weight is 322 g/mol. The monoisotopic (exact) mass is 322 g/mol. The molecule has 0 N–H and O–H groups in total. The largest absolute Gasteiger partial charge is 0.489 e. The second-order valence-electron chi connectivity index (χ2n) is 6.22. The maximum Gasteiger partial charge on any atom is 0.336 e. The summed E-state index contributed by atoms with van der Waals surface area (Å²) in [6.07, 6.45) is 1.86. The van der Waals surface area contributed by atoms with Crippen LogP contribution in [0.2, 0.25) is 0 Å². The molecule has 0 aliphatic heterocycles. The first kappa shape index (κ1) is 16.3. The van der Waals surface area contributed by atoms with Crippen LogP contribution in [0.25, 0.3) is 11.0 Å². The lowest BCUT2D eigenvalue weighted by atomic mass is 10.1. The number of hydrogen-bond acceptors (Lipinski definition) is 3. The number of hydrogen-bond donors (Lipinski definition) is 0. The third kappa shape index (κ3) is 3.51. The minimum Gasteiger partial charge on any atom is -0.489 e. The summed E-state index contributed by atoms with van der Waals surface area (Å²) in [5, 5.41) is 0.982. The Morgan fingerprint density at radius 1 is 1.00 bits per heavy atom. The molecule has 0 fully saturated rings. The van der Waals surface area contributed by atoms with Gasteiger partial charge in [-0.3, -0.25) is 0 Å². The van der Waals surface area contributed by atoms with E-state index in [0.717, 1.165) is 29.4 Å². The molecule has 2 aromatic carbocycles. The van der Waals surface area contributed by atoms with Crippen molar-refractivity contribution in [2.24, 2.45) is 0 Å². The highest BCUT2D eigenvalue weighted by atomic mass is 16.5. The van der Waals surface area contributed by atoms with Gasteiger partial charge < -0.3 is 9.15 Å². The second kappa shape index (κ2) is 6.91. The fourth-order valence-corrected chi connectivity index (χ4v) is 2.89. The van der Waals surface area contributed by atoms with E-state index in [1.807, 2.05) is 12.1 Å². The standard InChI is InChI=1S/C21H22O3/c1-4-5-16-11-21(22)24-20-12-18(8-9-19(16)20)23-13-17-10-14(2)6-7-15(17)3/h6-12H,4-5,13H2,1-3H3. The predicted molar refractivity (Wildman–Crippen MR) is 96.7 cm³/mol. The van der Waals surface area contributed by atoms with Gasteiger partial charge in [-0.2, -0.15) is 0 Å². The molecule has 3 rings (SSSR count). The van der Waals surface area contributed by atoms with Crippen molar-refractivity contribution in [3.8, 4) is 5.75 Å². The van der Waals surface area contributed by atoms with Crippen LogP contribution in [-0.2, 0) is 13.0 Å². The third-order valence-electron chi connectivity index (χ3n) is 4.22. The van der Waals surface area contributed by atoms with Gasteiger partial charge in [0.05, 0.1) is 0 Å². The Hall–Kier alpha value is -2.55. The smallest absolute Gasteiger partial charge is 0.336 e. The minimum atomic E-state index is -0.308. The first-order valence-electron chi connectivity index (χ1n) is 8.32. The highest BCUT2D eigenvalue weighted by Gasteiger charge is 2.07. The zero-order valence-corrected chi connectivity index (χ0v) is 14.4. The average Bonchev–Trinajstić information content (AvgIpc) is 2.55. The van der Waals surface area contributed by atoms with Crippen molar-refractivity contribution in [3.63, 3.8) is 0 Å². The molecule has 3 nitrogen and oxygen atoms in total. The molecule has 0 saturated carbocycles. The first-order valence-corrected chi connectivity index (χ1v) is 8.32. The maximum absolute atomic E-state index is 11.7. The fourth-order valence-electron chi connectivity index (χ4n) is 2.89. The van der Waals surface area contributed by atoms with Crippen LogP contribution in [0.5, 0.6) is 5.75 Å². The molecule has 24 heavy (non-hydrogen) atoms. The SMILES string of the molecule is CCCc1cc(=O)oc2cc(OCc3cc(C)ccc3C)ccc12. The van der Waals surface area contributed by atoms with Crippen LogP contribution in [0.3, 0.4) is 0 Å². The highest BCUT2D eigenvalue weighted by Crippen LogP contribution is 2.24. The molecule has 124 valence electrons. The second-order valence-corrected chi connectivity index (χ2v) is 6.22. The Balaban J connectivity index is 1.88. The van der Waals surface area contributed by atoms with E-state index >= 15 is 0 Å². The topological polar surface area (TPSA) is 39.4 Å². The van der Waals surface area contributed by atoms with Crippen LogP contribution < -0.4 is 10.4 Å². The van der Waals surface area contributed by atoms with E-state index in [0.29, 0.717) is 17.9 Å². The molecule has 0 aliphatic carbocycles. The molecule has 0 saturated heterocycles. The Morgan fingerprint density at radius 2 is 1.83 bits per heavy atom. The summed E-state index contributed by atoms with van der Waals surface area (Å²) in [7, 11) is 0. The number of fused-ring (bicyclic) bond motifs is 1. The van der Waals surface area contributed by atoms with Crippen LogP contribution in [0.15, 0.2) is 51.7 Å². The molecule has 0 unspecified atom stereocenters. The quantitative estimate of drug-likeness (QED) is 0.624. The van der Waals surface area contributed by atoms with Gasteiger partial charge >= 0.3 is 5.63 Å². The van der Waals surface area contributed by atoms with Crippen LogP contribution in [0, 0.1) is 13.8 Å². The van der Waals surface area contributed by atoms with E-state index in [9.17, 15) is 4.79 Å². The van der Waals surface area contributed by atoms with Crippen molar-refractivity contribution in [2.45, 2.75) is 40.2 Å². The summed E-state index contributed by atoms with van der Waals surface area (Å²) in [6, 6.07) is 13.6. The molecule has 1 aromatic heterocycles. The van der Waals surface area contributed by atoms with E-state index in [1.165, 1.54) is 11.1 Å². The van der Waals surface area contributed by atoms with E-state index < -0.39 is 0 Å². The van der Waals surface area contributed by atoms with Gasteiger partial charge in [0.25, 0.3) is 0 Å². The highest BCUT2D eigenvalue weighted by molar-refractivity contribution is 5.81. The molecule has 0 radical (unpaired) electrons. The Bertz CT molecular complexity index is 922. The van der Waals surface area contributed by atoms with Crippen LogP contribution >= 0.6 is 0 Å². The fraction of sp³-hybridized carbons (Fsp3) is 0.286. The van der Waals surface area contributed by atoms with Gasteiger partial charge in [-0.25, -0.2) is 4.79 Å². The van der Waals surface area contributed by atoms with Crippen molar-refractivity contribution in [1.82, 2.24) is 0 Å². The zero-order valence-electron chi connectivity index (χ0n) is 14.4. The Kier molecular flexibility index (Phi) is 4.70. The van der Waals surface area contributed by atoms with Gasteiger partial charge in [0.1, 0.15) is 17.9 Å². The Morgan fingerprint density at radius 3 is 2.62 bits per heavy atom. The number of benzene rings is 2. The van der Waals surface area contributed by atoms with Gasteiger partial charge in [-0.05, 0) is 49.1 Å². The molecule has 1 heterocycles. The molecule has 3 heteroatoms. The molecule has 0 bridgehead atoms. The lowest BCUT2D eigenvalue weighted by molar-refractivity contribution is 0.305. The summed E-state index contributed by atoms with van der Waals surface area (Å²) < 4.78 is 11.3. The maximum atomic E-state index is 11.7. The van der Waals surface area contributed by atoms with Gasteiger partial charge in [-0.1, -0.05) is 37.1 Å². The molecule has 0 aliphatic rings. The molecular formula is C21H22O3. The van der Waals surface area contributed by atoms with Crippen molar-refractivity contribution in [2.75, 3.05) is 0 Å². The lowest BCUT2D eigenvalue weighted by Gasteiger charge is -2.11. The van der Waals surface area contributed by atoms with Crippen molar-refractivity contribution in [1.29, 1.82) is 0 Å². The molecule has 0 amide bonds. The van der Waals surface area contributed by atoms with Crippen LogP contribution in [0.1, 0.15) is 35.6 Å². The minimum absolute atomic E-state index is 0.308. The van der Waals surface area contributed by atoms with Gasteiger partial charge in [0.2, 0.25) is 0 Å². The summed E-state index contributed by atoms with van der Waals surface area (Å²) >= 11 is 0. The molecule has 0 spiro atoms. The van der Waals surface area contributed by atoms with Gasteiger partial charge in [0, 0.05) is 17.5 Å². The number of ether oxygens (including phenoxy) is 1. The first-order chi connectivity index (χ1) is 11.6. The van der Waals surface area contributed by atoms with Crippen LogP contribution in [0.4, 0.5) is 0 Å². The molecule has 3 aromatic rings. The zero-order chi connectivity index (χ0) is 17.1. The normalized spacial score (nSPS) is 11.0.